The summed E-state index contributed by atoms with van der Waals surface area (Å²) in [7, 11) is 1.70. The lowest BCUT2D eigenvalue weighted by molar-refractivity contribution is -0.181. The lowest BCUT2D eigenvalue weighted by Crippen LogP contribution is -2.56. The van der Waals surface area contributed by atoms with Gasteiger partial charge >= 0.3 is 6.18 Å². The number of aliphatic imine (C=N–C) groups is 1. The normalized spacial score (nSPS) is 17.9. The van der Waals surface area contributed by atoms with Gasteiger partial charge in [-0.1, -0.05) is 6.07 Å². The zero-order valence-electron chi connectivity index (χ0n) is 16.5. The van der Waals surface area contributed by atoms with Gasteiger partial charge in [0.05, 0.1) is 5.69 Å². The molecule has 1 atom stereocenters. The molecule has 0 amide bonds. The highest BCUT2D eigenvalue weighted by atomic mass is 19.4. The highest BCUT2D eigenvalue weighted by Gasteiger charge is 2.41. The second-order valence-electron chi connectivity index (χ2n) is 7.12. The van der Waals surface area contributed by atoms with Gasteiger partial charge in [-0.15, -0.1) is 0 Å². The molecule has 0 spiro atoms. The maximum Gasteiger partial charge on any atom is 0.403 e. The van der Waals surface area contributed by atoms with Gasteiger partial charge < -0.3 is 14.6 Å². The third-order valence-electron chi connectivity index (χ3n) is 5.24. The third-order valence-corrected chi connectivity index (χ3v) is 5.24. The van der Waals surface area contributed by atoms with Gasteiger partial charge in [-0.05, 0) is 25.5 Å². The number of nitrogens with one attached hydrogen (secondary N) is 1. The molecule has 2 aromatic heterocycles. The SMILES string of the molecule is CN=C(NCCc1cn2cccc(C)c2n1)N1CCN(C(C)C(F)(F)F)CC1. The van der Waals surface area contributed by atoms with Crippen LogP contribution in [0.25, 0.3) is 5.65 Å². The fourth-order valence-electron chi connectivity index (χ4n) is 3.49. The molecular formula is C19H27F3N6. The fraction of sp³-hybridized carbons (Fsp3) is 0.579. The summed E-state index contributed by atoms with van der Waals surface area (Å²) in [5.74, 6) is 0.722. The molecule has 3 rings (SSSR count). The summed E-state index contributed by atoms with van der Waals surface area (Å²) >= 11 is 0. The van der Waals surface area contributed by atoms with E-state index in [0.717, 1.165) is 29.3 Å². The van der Waals surface area contributed by atoms with E-state index in [1.807, 2.05) is 40.8 Å². The van der Waals surface area contributed by atoms with Crippen molar-refractivity contribution in [2.24, 2.45) is 4.99 Å². The zero-order valence-corrected chi connectivity index (χ0v) is 16.5. The van der Waals surface area contributed by atoms with E-state index in [4.69, 9.17) is 0 Å². The molecule has 0 aliphatic carbocycles. The van der Waals surface area contributed by atoms with Crippen molar-refractivity contribution in [3.05, 3.63) is 35.8 Å². The predicted molar refractivity (Wildman–Crippen MR) is 104 cm³/mol. The molecule has 0 radical (unpaired) electrons. The number of imidazole rings is 1. The van der Waals surface area contributed by atoms with Crippen molar-refractivity contribution in [1.82, 2.24) is 24.5 Å². The number of guanidine groups is 1. The first-order valence-electron chi connectivity index (χ1n) is 9.49. The van der Waals surface area contributed by atoms with Gasteiger partial charge in [-0.3, -0.25) is 9.89 Å². The van der Waals surface area contributed by atoms with Crippen LogP contribution < -0.4 is 5.32 Å². The van der Waals surface area contributed by atoms with E-state index in [0.29, 0.717) is 32.7 Å². The van der Waals surface area contributed by atoms with Crippen LogP contribution in [0.3, 0.4) is 0 Å². The van der Waals surface area contributed by atoms with E-state index in [-0.39, 0.29) is 0 Å². The molecule has 0 bridgehead atoms. The minimum Gasteiger partial charge on any atom is -0.356 e. The number of hydrogen-bond acceptors (Lipinski definition) is 3. The number of hydrogen-bond donors (Lipinski definition) is 1. The summed E-state index contributed by atoms with van der Waals surface area (Å²) in [5.41, 5.74) is 3.07. The summed E-state index contributed by atoms with van der Waals surface area (Å²) in [6.45, 7) is 5.70. The number of halogens is 3. The molecule has 1 N–H and O–H groups in total. The first-order valence-corrected chi connectivity index (χ1v) is 9.49. The van der Waals surface area contributed by atoms with Gasteiger partial charge in [0.1, 0.15) is 11.7 Å². The molecule has 1 fully saturated rings. The molecule has 1 aliphatic heterocycles. The van der Waals surface area contributed by atoms with Crippen LogP contribution in [0.5, 0.6) is 0 Å². The van der Waals surface area contributed by atoms with Gasteiger partial charge in [0, 0.05) is 58.6 Å². The number of aryl methyl sites for hydroxylation is 1. The average Bonchev–Trinajstić information content (AvgIpc) is 3.08. The highest BCUT2D eigenvalue weighted by Crippen LogP contribution is 2.25. The van der Waals surface area contributed by atoms with Crippen molar-refractivity contribution < 1.29 is 13.2 Å². The lowest BCUT2D eigenvalue weighted by Gasteiger charge is -2.39. The molecule has 1 aliphatic rings. The molecule has 1 saturated heterocycles. The Bertz CT molecular complexity index is 821. The molecule has 154 valence electrons. The Hall–Kier alpha value is -2.29. The number of pyridine rings is 1. The van der Waals surface area contributed by atoms with Crippen molar-refractivity contribution in [3.63, 3.8) is 0 Å². The van der Waals surface area contributed by atoms with E-state index in [2.05, 4.69) is 15.3 Å². The third kappa shape index (κ3) is 4.57. The Labute approximate surface area is 163 Å². The minimum atomic E-state index is -4.19. The van der Waals surface area contributed by atoms with Gasteiger partial charge in [0.2, 0.25) is 0 Å². The Morgan fingerprint density at radius 3 is 2.61 bits per heavy atom. The van der Waals surface area contributed by atoms with E-state index in [9.17, 15) is 13.2 Å². The van der Waals surface area contributed by atoms with Crippen LogP contribution in [-0.4, -0.2) is 77.1 Å². The Kier molecular flexibility index (Phi) is 6.12. The molecule has 0 aromatic carbocycles. The monoisotopic (exact) mass is 396 g/mol. The molecule has 6 nitrogen and oxygen atoms in total. The molecule has 1 unspecified atom stereocenters. The number of nitrogens with zero attached hydrogens (tertiary/aromatic N) is 5. The summed E-state index contributed by atoms with van der Waals surface area (Å²) in [6, 6.07) is 2.61. The van der Waals surface area contributed by atoms with E-state index < -0.39 is 12.2 Å². The molecule has 9 heteroatoms. The lowest BCUT2D eigenvalue weighted by atomic mass is 10.2. The second kappa shape index (κ2) is 8.38. The first-order chi connectivity index (χ1) is 13.3. The number of rotatable bonds is 4. The predicted octanol–water partition coefficient (Wildman–Crippen LogP) is 2.33. The van der Waals surface area contributed by atoms with Crippen molar-refractivity contribution in [2.75, 3.05) is 39.8 Å². The van der Waals surface area contributed by atoms with Crippen molar-refractivity contribution >= 4 is 11.6 Å². The maximum atomic E-state index is 12.9. The van der Waals surface area contributed by atoms with E-state index >= 15 is 0 Å². The molecule has 3 heterocycles. The average molecular weight is 396 g/mol. The molecule has 2 aromatic rings. The van der Waals surface area contributed by atoms with Crippen LogP contribution in [0.2, 0.25) is 0 Å². The van der Waals surface area contributed by atoms with E-state index in [1.165, 1.54) is 11.8 Å². The Morgan fingerprint density at radius 2 is 2.00 bits per heavy atom. The molecule has 28 heavy (non-hydrogen) atoms. The summed E-state index contributed by atoms with van der Waals surface area (Å²) in [6.07, 6.45) is 0.552. The fourth-order valence-corrected chi connectivity index (χ4v) is 3.49. The van der Waals surface area contributed by atoms with E-state index in [1.54, 1.807) is 7.05 Å². The van der Waals surface area contributed by atoms with Crippen LogP contribution >= 0.6 is 0 Å². The summed E-state index contributed by atoms with van der Waals surface area (Å²) in [4.78, 5) is 12.4. The standard InChI is InChI=1S/C19H27F3N6/c1-14-5-4-8-28-13-16(25-17(14)28)6-7-24-18(23-3)27-11-9-26(10-12-27)15(2)19(20,21)22/h4-5,8,13,15H,6-7,9-12H2,1-3H3,(H,23,24). The van der Waals surface area contributed by atoms with Gasteiger partial charge in [-0.25, -0.2) is 4.98 Å². The van der Waals surface area contributed by atoms with Crippen LogP contribution in [0.15, 0.2) is 29.5 Å². The molecular weight excluding hydrogens is 369 g/mol. The molecule has 0 saturated carbocycles. The van der Waals surface area contributed by atoms with Crippen LogP contribution in [0.1, 0.15) is 18.2 Å². The summed E-state index contributed by atoms with van der Waals surface area (Å²) in [5, 5.41) is 3.31. The van der Waals surface area contributed by atoms with Crippen molar-refractivity contribution in [1.29, 1.82) is 0 Å². The van der Waals surface area contributed by atoms with Crippen LogP contribution in [-0.2, 0) is 6.42 Å². The number of fused-ring (bicyclic) bond motifs is 1. The number of aromatic nitrogens is 2. The number of piperazine rings is 1. The smallest absolute Gasteiger partial charge is 0.356 e. The van der Waals surface area contributed by atoms with Crippen molar-refractivity contribution in [2.45, 2.75) is 32.5 Å². The maximum absolute atomic E-state index is 12.9. The van der Waals surface area contributed by atoms with Crippen molar-refractivity contribution in [3.8, 4) is 0 Å². The topological polar surface area (TPSA) is 48.2 Å². The van der Waals surface area contributed by atoms with Gasteiger partial charge in [0.25, 0.3) is 0 Å². The number of alkyl halides is 3. The summed E-state index contributed by atoms with van der Waals surface area (Å²) < 4.78 is 40.7. The zero-order chi connectivity index (χ0) is 20.3. The largest absolute Gasteiger partial charge is 0.403 e. The Balaban J connectivity index is 1.50. The highest BCUT2D eigenvalue weighted by molar-refractivity contribution is 5.80. The van der Waals surface area contributed by atoms with Crippen LogP contribution in [0, 0.1) is 6.92 Å². The quantitative estimate of drug-likeness (QED) is 0.637. The minimum absolute atomic E-state index is 0.368. The first kappa shape index (κ1) is 20.4. The Morgan fingerprint density at radius 1 is 1.29 bits per heavy atom. The van der Waals surface area contributed by atoms with Gasteiger partial charge in [-0.2, -0.15) is 13.2 Å². The second-order valence-corrected chi connectivity index (χ2v) is 7.12. The van der Waals surface area contributed by atoms with Crippen LogP contribution in [0.4, 0.5) is 13.2 Å². The van der Waals surface area contributed by atoms with Gasteiger partial charge in [0.15, 0.2) is 5.96 Å².